The van der Waals surface area contributed by atoms with Crippen molar-refractivity contribution in [3.63, 3.8) is 0 Å². The van der Waals surface area contributed by atoms with Crippen LogP contribution in [0.4, 0.5) is 14.7 Å². The van der Waals surface area contributed by atoms with E-state index in [9.17, 15) is 9.18 Å². The van der Waals surface area contributed by atoms with Crippen molar-refractivity contribution in [2.24, 2.45) is 0 Å². The van der Waals surface area contributed by atoms with Gasteiger partial charge in [-0.1, -0.05) is 6.92 Å². The van der Waals surface area contributed by atoms with Crippen LogP contribution in [0, 0.1) is 17.1 Å². The van der Waals surface area contributed by atoms with E-state index in [4.69, 9.17) is 5.26 Å². The molecule has 2 aliphatic rings. The maximum Gasteiger partial charge on any atom is 0.274 e. The number of benzene rings is 1. The van der Waals surface area contributed by atoms with Crippen LogP contribution < -0.4 is 4.90 Å². The number of carbonyl (C=O) groups excluding carboxylic acids is 1. The third-order valence-corrected chi connectivity index (χ3v) is 6.58. The van der Waals surface area contributed by atoms with Crippen molar-refractivity contribution < 1.29 is 13.6 Å². The molecule has 0 bridgehead atoms. The molecule has 8 nitrogen and oxygen atoms in total. The highest BCUT2D eigenvalue weighted by atomic mass is 19.1. The van der Waals surface area contributed by atoms with Crippen molar-refractivity contribution in [3.8, 4) is 11.8 Å². The number of anilines is 1. The molecule has 35 heavy (non-hydrogen) atoms. The first-order valence-electron chi connectivity index (χ1n) is 11.7. The SMILES string of the molecule is CCc1cnc(N2CCC(N(C(=O)c3cn(-c4ccc(C#N)cc4F)cn3)C3CC3)C(F)C2)nc1. The van der Waals surface area contributed by atoms with Crippen molar-refractivity contribution in [3.05, 3.63) is 65.8 Å². The molecule has 180 valence electrons. The quantitative estimate of drug-likeness (QED) is 0.540. The first kappa shape index (κ1) is 22.9. The number of alkyl halides is 1. The lowest BCUT2D eigenvalue weighted by molar-refractivity contribution is 0.0481. The minimum Gasteiger partial charge on any atom is -0.338 e. The van der Waals surface area contributed by atoms with Gasteiger partial charge in [-0.2, -0.15) is 5.26 Å². The van der Waals surface area contributed by atoms with Crippen molar-refractivity contribution in [2.45, 2.75) is 50.9 Å². The molecule has 1 saturated heterocycles. The zero-order valence-electron chi connectivity index (χ0n) is 19.3. The van der Waals surface area contributed by atoms with Crippen molar-refractivity contribution >= 4 is 11.9 Å². The predicted octanol–water partition coefficient (Wildman–Crippen LogP) is 3.46. The van der Waals surface area contributed by atoms with E-state index in [2.05, 4.69) is 15.0 Å². The number of nitriles is 1. The van der Waals surface area contributed by atoms with Gasteiger partial charge in [-0.25, -0.2) is 23.7 Å². The van der Waals surface area contributed by atoms with Crippen LogP contribution in [-0.2, 0) is 6.42 Å². The molecule has 0 radical (unpaired) electrons. The van der Waals surface area contributed by atoms with Gasteiger partial charge in [0, 0.05) is 31.2 Å². The smallest absolute Gasteiger partial charge is 0.274 e. The van der Waals surface area contributed by atoms with Crippen LogP contribution >= 0.6 is 0 Å². The highest BCUT2D eigenvalue weighted by molar-refractivity contribution is 5.93. The summed E-state index contributed by atoms with van der Waals surface area (Å²) in [5.74, 6) is -0.453. The molecule has 1 aliphatic carbocycles. The zero-order chi connectivity index (χ0) is 24.5. The Morgan fingerprint density at radius 3 is 2.63 bits per heavy atom. The fourth-order valence-corrected chi connectivity index (χ4v) is 4.50. The van der Waals surface area contributed by atoms with Gasteiger partial charge in [-0.3, -0.25) is 4.79 Å². The van der Waals surface area contributed by atoms with Gasteiger partial charge >= 0.3 is 0 Å². The van der Waals surface area contributed by atoms with Gasteiger partial charge in [0.25, 0.3) is 5.91 Å². The van der Waals surface area contributed by atoms with E-state index in [0.717, 1.165) is 30.9 Å². The number of rotatable bonds is 6. The Morgan fingerprint density at radius 2 is 2.00 bits per heavy atom. The number of hydrogen-bond acceptors (Lipinski definition) is 6. The fourth-order valence-electron chi connectivity index (χ4n) is 4.50. The second kappa shape index (κ2) is 9.41. The number of halogens is 2. The van der Waals surface area contributed by atoms with Crippen LogP contribution in [0.3, 0.4) is 0 Å². The Hall–Kier alpha value is -3.87. The molecule has 5 rings (SSSR count). The molecule has 3 aromatic rings. The van der Waals surface area contributed by atoms with Crippen LogP contribution in [0.2, 0.25) is 0 Å². The monoisotopic (exact) mass is 477 g/mol. The Balaban J connectivity index is 1.32. The number of amides is 1. The van der Waals surface area contributed by atoms with Gasteiger partial charge in [0.2, 0.25) is 5.95 Å². The number of carbonyl (C=O) groups is 1. The molecule has 2 aromatic heterocycles. The molecule has 0 N–H and O–H groups in total. The lowest BCUT2D eigenvalue weighted by Gasteiger charge is -2.40. The van der Waals surface area contributed by atoms with Gasteiger partial charge in [-0.05, 0) is 49.4 Å². The summed E-state index contributed by atoms with van der Waals surface area (Å²) < 4.78 is 31.3. The predicted molar refractivity (Wildman–Crippen MR) is 124 cm³/mol. The molecule has 2 fully saturated rings. The molecular weight excluding hydrogens is 452 g/mol. The maximum atomic E-state index is 15.4. The highest BCUT2D eigenvalue weighted by Crippen LogP contribution is 2.34. The van der Waals surface area contributed by atoms with Crippen molar-refractivity contribution in [2.75, 3.05) is 18.0 Å². The van der Waals surface area contributed by atoms with Crippen LogP contribution in [0.5, 0.6) is 0 Å². The minimum absolute atomic E-state index is 0.0193. The van der Waals surface area contributed by atoms with Gasteiger partial charge in [0.15, 0.2) is 0 Å². The summed E-state index contributed by atoms with van der Waals surface area (Å²) in [6, 6.07) is 5.39. The van der Waals surface area contributed by atoms with E-state index >= 15 is 4.39 Å². The summed E-state index contributed by atoms with van der Waals surface area (Å²) in [4.78, 5) is 29.8. The number of piperidine rings is 1. The van der Waals surface area contributed by atoms with Gasteiger partial charge in [0.1, 0.15) is 24.0 Å². The molecule has 2 unspecified atom stereocenters. The standard InChI is InChI=1S/C25H25F2N7O/c1-2-16-11-29-25(30-12-16)32-8-7-23(20(27)13-32)34(18-4-5-18)24(35)21-14-33(15-31-21)22-6-3-17(10-28)9-19(22)26/h3,6,9,11-12,14-15,18,20,23H,2,4-5,7-8,13H2,1H3. The zero-order valence-corrected chi connectivity index (χ0v) is 19.3. The Bertz CT molecular complexity index is 1270. The Labute approximate surface area is 201 Å². The second-order valence-corrected chi connectivity index (χ2v) is 8.95. The lowest BCUT2D eigenvalue weighted by Crippen LogP contribution is -2.55. The molecule has 1 aliphatic heterocycles. The first-order valence-corrected chi connectivity index (χ1v) is 11.7. The van der Waals surface area contributed by atoms with E-state index < -0.39 is 18.0 Å². The normalized spacial score (nSPS) is 19.9. The van der Waals surface area contributed by atoms with Crippen LogP contribution in [0.15, 0.2) is 43.1 Å². The van der Waals surface area contributed by atoms with Crippen LogP contribution in [-0.4, -0.2) is 61.7 Å². The van der Waals surface area contributed by atoms with Crippen molar-refractivity contribution in [1.82, 2.24) is 24.4 Å². The van der Waals surface area contributed by atoms with Gasteiger partial charge in [-0.15, -0.1) is 0 Å². The molecule has 3 heterocycles. The Kier molecular flexibility index (Phi) is 6.16. The molecule has 2 atom stereocenters. The van der Waals surface area contributed by atoms with Gasteiger partial charge < -0.3 is 14.4 Å². The van der Waals surface area contributed by atoms with Gasteiger partial charge in [0.05, 0.1) is 29.9 Å². The number of hydrogen-bond donors (Lipinski definition) is 0. The topological polar surface area (TPSA) is 90.9 Å². The number of aromatic nitrogens is 4. The van der Waals surface area contributed by atoms with E-state index in [1.807, 2.05) is 17.9 Å². The van der Waals surface area contributed by atoms with E-state index in [0.29, 0.717) is 18.9 Å². The molecule has 1 saturated carbocycles. The lowest BCUT2D eigenvalue weighted by atomic mass is 10.0. The van der Waals surface area contributed by atoms with E-state index in [1.165, 1.54) is 29.2 Å². The summed E-state index contributed by atoms with van der Waals surface area (Å²) in [6.45, 7) is 2.67. The Morgan fingerprint density at radius 1 is 1.23 bits per heavy atom. The number of aryl methyl sites for hydroxylation is 1. The molecule has 10 heteroatoms. The summed E-state index contributed by atoms with van der Waals surface area (Å²) in [6.07, 6.45) is 8.00. The molecule has 1 aromatic carbocycles. The maximum absolute atomic E-state index is 15.4. The average molecular weight is 478 g/mol. The first-order chi connectivity index (χ1) is 17.0. The summed E-state index contributed by atoms with van der Waals surface area (Å²) >= 11 is 0. The third-order valence-electron chi connectivity index (χ3n) is 6.58. The molecular formula is C25H25F2N7O. The third kappa shape index (κ3) is 4.58. The van der Waals surface area contributed by atoms with Crippen molar-refractivity contribution in [1.29, 1.82) is 5.26 Å². The van der Waals surface area contributed by atoms with E-state index in [-0.39, 0.29) is 35.4 Å². The summed E-state index contributed by atoms with van der Waals surface area (Å²) in [5.41, 5.74) is 1.54. The summed E-state index contributed by atoms with van der Waals surface area (Å²) in [5, 5.41) is 8.94. The summed E-state index contributed by atoms with van der Waals surface area (Å²) in [7, 11) is 0. The van der Waals surface area contributed by atoms with Crippen LogP contribution in [0.1, 0.15) is 47.8 Å². The largest absolute Gasteiger partial charge is 0.338 e. The van der Waals surface area contributed by atoms with E-state index in [1.54, 1.807) is 17.3 Å². The number of nitrogens with zero attached hydrogens (tertiary/aromatic N) is 7. The minimum atomic E-state index is -1.26. The highest BCUT2D eigenvalue weighted by Gasteiger charge is 2.44. The number of imidazole rings is 1. The average Bonchev–Trinajstić information content (AvgIpc) is 3.59. The molecule has 1 amide bonds. The fraction of sp³-hybridized carbons (Fsp3) is 0.400. The second-order valence-electron chi connectivity index (χ2n) is 8.95. The molecule has 0 spiro atoms. The van der Waals surface area contributed by atoms with Crippen LogP contribution in [0.25, 0.3) is 5.69 Å².